The van der Waals surface area contributed by atoms with Crippen molar-refractivity contribution in [2.24, 2.45) is 0 Å². The zero-order chi connectivity index (χ0) is 18.2. The predicted molar refractivity (Wildman–Crippen MR) is 86.8 cm³/mol. The van der Waals surface area contributed by atoms with E-state index >= 15 is 0 Å². The van der Waals surface area contributed by atoms with Gasteiger partial charge in [0.25, 0.3) is 0 Å². The minimum atomic E-state index is -4.83. The van der Waals surface area contributed by atoms with Crippen molar-refractivity contribution in [3.05, 3.63) is 69.8 Å². The number of carboxylic acid groups (broad SMARTS) is 1. The molecule has 1 aliphatic rings. The fourth-order valence-electron chi connectivity index (χ4n) is 2.63. The first kappa shape index (κ1) is 17.4. The van der Waals surface area contributed by atoms with Crippen LogP contribution in [0.2, 0.25) is 5.02 Å². The summed E-state index contributed by atoms with van der Waals surface area (Å²) in [5.41, 5.74) is 0.876. The van der Waals surface area contributed by atoms with E-state index in [1.54, 1.807) is 0 Å². The Morgan fingerprint density at radius 2 is 1.88 bits per heavy atom. The Morgan fingerprint density at radius 3 is 2.48 bits per heavy atom. The molecule has 0 saturated carbocycles. The molecule has 1 heterocycles. The lowest BCUT2D eigenvalue weighted by atomic mass is 9.97. The van der Waals surface area contributed by atoms with Gasteiger partial charge in [-0.15, -0.1) is 0 Å². The van der Waals surface area contributed by atoms with E-state index in [1.165, 1.54) is 12.1 Å². The van der Waals surface area contributed by atoms with Crippen molar-refractivity contribution < 1.29 is 27.8 Å². The maximum absolute atomic E-state index is 13.1. The number of carboxylic acids is 1. The predicted octanol–water partition coefficient (Wildman–Crippen LogP) is 4.72. The third-order valence-corrected chi connectivity index (χ3v) is 4.15. The smallest absolute Gasteiger partial charge is 0.430 e. The van der Waals surface area contributed by atoms with Crippen molar-refractivity contribution in [2.45, 2.75) is 18.7 Å². The Labute approximate surface area is 146 Å². The van der Waals surface area contributed by atoms with E-state index in [4.69, 9.17) is 21.4 Å². The van der Waals surface area contributed by atoms with Gasteiger partial charge in [0.15, 0.2) is 0 Å². The van der Waals surface area contributed by atoms with Crippen LogP contribution in [0.3, 0.4) is 0 Å². The monoisotopic (exact) mass is 368 g/mol. The molecule has 1 atom stereocenters. The zero-order valence-corrected chi connectivity index (χ0v) is 13.4. The van der Waals surface area contributed by atoms with Crippen LogP contribution in [0.5, 0.6) is 5.75 Å². The highest BCUT2D eigenvalue weighted by Gasteiger charge is 2.48. The minimum Gasteiger partial charge on any atom is -0.478 e. The summed E-state index contributed by atoms with van der Waals surface area (Å²) in [6, 6.07) is 12.1. The van der Waals surface area contributed by atoms with Gasteiger partial charge in [-0.2, -0.15) is 13.2 Å². The fourth-order valence-corrected chi connectivity index (χ4v) is 2.87. The number of alkyl halides is 3. The number of hydrogen-bond acceptors (Lipinski definition) is 2. The van der Waals surface area contributed by atoms with E-state index in [1.807, 2.05) is 30.3 Å². The van der Waals surface area contributed by atoms with Crippen molar-refractivity contribution in [2.75, 3.05) is 0 Å². The Bertz CT molecular complexity index is 845. The molecule has 0 fully saturated rings. The maximum Gasteiger partial charge on any atom is 0.430 e. The molecular weight excluding hydrogens is 357 g/mol. The highest BCUT2D eigenvalue weighted by molar-refractivity contribution is 6.31. The van der Waals surface area contributed by atoms with Crippen LogP contribution in [-0.4, -0.2) is 23.4 Å². The molecule has 3 nitrogen and oxygen atoms in total. The van der Waals surface area contributed by atoms with Crippen LogP contribution in [0.1, 0.15) is 16.7 Å². The van der Waals surface area contributed by atoms with E-state index < -0.39 is 23.8 Å². The summed E-state index contributed by atoms with van der Waals surface area (Å²) < 4.78 is 44.3. The van der Waals surface area contributed by atoms with Crippen LogP contribution in [0.4, 0.5) is 13.2 Å². The van der Waals surface area contributed by atoms with Crippen LogP contribution < -0.4 is 4.74 Å². The Kier molecular flexibility index (Phi) is 4.47. The molecule has 1 N–H and O–H groups in total. The van der Waals surface area contributed by atoms with E-state index in [0.29, 0.717) is 17.0 Å². The Balaban J connectivity index is 2.02. The molecule has 0 amide bonds. The average molecular weight is 369 g/mol. The molecule has 0 spiro atoms. The molecule has 3 rings (SSSR count). The molecular formula is C18H12ClF3O3. The zero-order valence-electron chi connectivity index (χ0n) is 12.7. The lowest BCUT2D eigenvalue weighted by Gasteiger charge is -2.27. The molecule has 0 bridgehead atoms. The standard InChI is InChI=1S/C18H12ClF3O3/c19-14-8-12-7-13(17(23)24)16(18(20,21)22)25-15(12)9-11(14)6-10-4-2-1-3-5-10/h1-5,7-9,16H,6H2,(H,23,24)/t16-/m1/s1. The molecule has 0 unspecified atom stereocenters. The fraction of sp³-hybridized carbons (Fsp3) is 0.167. The minimum absolute atomic E-state index is 0.0392. The molecule has 0 aliphatic carbocycles. The van der Waals surface area contributed by atoms with Crippen LogP contribution in [0, 0.1) is 0 Å². The SMILES string of the molecule is O=C(O)C1=Cc2cc(Cl)c(Cc3ccccc3)cc2O[C@H]1C(F)(F)F. The van der Waals surface area contributed by atoms with Crippen molar-refractivity contribution in [1.29, 1.82) is 0 Å². The van der Waals surface area contributed by atoms with Crippen molar-refractivity contribution in [3.63, 3.8) is 0 Å². The average Bonchev–Trinajstić information content (AvgIpc) is 2.54. The second-order valence-electron chi connectivity index (χ2n) is 5.59. The van der Waals surface area contributed by atoms with Gasteiger partial charge in [0.1, 0.15) is 5.75 Å². The molecule has 0 radical (unpaired) electrons. The van der Waals surface area contributed by atoms with Gasteiger partial charge < -0.3 is 9.84 Å². The maximum atomic E-state index is 13.1. The van der Waals surface area contributed by atoms with E-state index in [9.17, 15) is 18.0 Å². The van der Waals surface area contributed by atoms with Crippen molar-refractivity contribution in [3.8, 4) is 5.75 Å². The van der Waals surface area contributed by atoms with Crippen LogP contribution in [0.15, 0.2) is 48.0 Å². The normalized spacial score (nSPS) is 16.6. The third kappa shape index (κ3) is 3.64. The number of carbonyl (C=O) groups is 1. The van der Waals surface area contributed by atoms with Gasteiger partial charge in [-0.05, 0) is 35.8 Å². The van der Waals surface area contributed by atoms with Crippen LogP contribution in [-0.2, 0) is 11.2 Å². The first-order chi connectivity index (χ1) is 11.8. The summed E-state index contributed by atoms with van der Waals surface area (Å²) in [6.07, 6.45) is -5.97. The third-order valence-electron chi connectivity index (χ3n) is 3.80. The van der Waals surface area contributed by atoms with Crippen molar-refractivity contribution in [1.82, 2.24) is 0 Å². The lowest BCUT2D eigenvalue weighted by Crippen LogP contribution is -2.40. The van der Waals surface area contributed by atoms with E-state index in [2.05, 4.69) is 0 Å². The van der Waals surface area contributed by atoms with Gasteiger partial charge in [-0.25, -0.2) is 4.79 Å². The van der Waals surface area contributed by atoms with Crippen LogP contribution in [0.25, 0.3) is 6.08 Å². The summed E-state index contributed by atoms with van der Waals surface area (Å²) in [5.74, 6) is -1.72. The molecule has 0 aromatic heterocycles. The van der Waals surface area contributed by atoms with Gasteiger partial charge in [-0.1, -0.05) is 41.9 Å². The van der Waals surface area contributed by atoms with Crippen molar-refractivity contribution >= 4 is 23.6 Å². The topological polar surface area (TPSA) is 46.5 Å². The molecule has 2 aromatic rings. The molecule has 0 saturated heterocycles. The van der Waals surface area contributed by atoms with E-state index in [-0.39, 0.29) is 11.3 Å². The summed E-state index contributed by atoms with van der Waals surface area (Å²) in [4.78, 5) is 11.1. The van der Waals surface area contributed by atoms with Gasteiger partial charge in [0.05, 0.1) is 5.57 Å². The van der Waals surface area contributed by atoms with Crippen LogP contribution >= 0.6 is 11.6 Å². The second kappa shape index (κ2) is 6.44. The summed E-state index contributed by atoms with van der Waals surface area (Å²) in [6.45, 7) is 0. The Hall–Kier alpha value is -2.47. The van der Waals surface area contributed by atoms with Gasteiger partial charge in [0.2, 0.25) is 6.10 Å². The number of hydrogen-bond donors (Lipinski definition) is 1. The molecule has 2 aromatic carbocycles. The largest absolute Gasteiger partial charge is 0.478 e. The molecule has 1 aliphatic heterocycles. The number of fused-ring (bicyclic) bond motifs is 1. The number of rotatable bonds is 3. The molecule has 7 heteroatoms. The Morgan fingerprint density at radius 1 is 1.20 bits per heavy atom. The number of aliphatic carboxylic acids is 1. The molecule has 25 heavy (non-hydrogen) atoms. The first-order valence-electron chi connectivity index (χ1n) is 7.30. The number of halogens is 4. The van der Waals surface area contributed by atoms with Gasteiger partial charge >= 0.3 is 12.1 Å². The molecule has 130 valence electrons. The lowest BCUT2D eigenvalue weighted by molar-refractivity contribution is -0.187. The summed E-state index contributed by atoms with van der Waals surface area (Å²) in [7, 11) is 0. The quantitative estimate of drug-likeness (QED) is 0.852. The van der Waals surface area contributed by atoms with E-state index in [0.717, 1.165) is 11.6 Å². The highest BCUT2D eigenvalue weighted by Crippen LogP contribution is 2.39. The summed E-state index contributed by atoms with van der Waals surface area (Å²) in [5, 5.41) is 9.37. The van der Waals surface area contributed by atoms with Gasteiger partial charge in [0, 0.05) is 10.6 Å². The number of ether oxygens (including phenoxy) is 1. The highest BCUT2D eigenvalue weighted by atomic mass is 35.5. The number of benzene rings is 2. The first-order valence-corrected chi connectivity index (χ1v) is 7.68. The van der Waals surface area contributed by atoms with Gasteiger partial charge in [-0.3, -0.25) is 0 Å². The summed E-state index contributed by atoms with van der Waals surface area (Å²) >= 11 is 6.21. The second-order valence-corrected chi connectivity index (χ2v) is 6.00.